The van der Waals surface area contributed by atoms with Gasteiger partial charge in [-0.15, -0.1) is 0 Å². The summed E-state index contributed by atoms with van der Waals surface area (Å²) in [4.78, 5) is 29.9. The molecule has 1 aromatic carbocycles. The minimum Gasteiger partial charge on any atom is -0.465 e. The van der Waals surface area contributed by atoms with Crippen LogP contribution in [0.25, 0.3) is 0 Å². The zero-order valence-electron chi connectivity index (χ0n) is 15.8. The number of aromatic amines is 1. The topological polar surface area (TPSA) is 62.4 Å². The highest BCUT2D eigenvalue weighted by molar-refractivity contribution is 6.03. The summed E-state index contributed by atoms with van der Waals surface area (Å²) in [6.45, 7) is 8.18. The molecule has 0 aliphatic heterocycles. The van der Waals surface area contributed by atoms with Crippen LogP contribution < -0.4 is 0 Å². The lowest BCUT2D eigenvalue weighted by atomic mass is 10.0. The van der Waals surface area contributed by atoms with E-state index in [0.29, 0.717) is 29.1 Å². The highest BCUT2D eigenvalue weighted by Crippen LogP contribution is 2.22. The van der Waals surface area contributed by atoms with Crippen LogP contribution in [0, 0.1) is 20.8 Å². The van der Waals surface area contributed by atoms with Gasteiger partial charge in [-0.2, -0.15) is 0 Å². The number of benzene rings is 1. The van der Waals surface area contributed by atoms with Gasteiger partial charge in [0.25, 0.3) is 0 Å². The zero-order chi connectivity index (χ0) is 18.7. The van der Waals surface area contributed by atoms with Gasteiger partial charge in [0, 0.05) is 12.2 Å². The maximum Gasteiger partial charge on any atom is 0.339 e. The van der Waals surface area contributed by atoms with Crippen LogP contribution in [0.5, 0.6) is 0 Å². The molecule has 0 aliphatic carbocycles. The molecule has 0 aliphatic rings. The van der Waals surface area contributed by atoms with Crippen LogP contribution >= 0.6 is 0 Å². The van der Waals surface area contributed by atoms with Crippen molar-refractivity contribution in [3.63, 3.8) is 0 Å². The van der Waals surface area contributed by atoms with E-state index in [1.807, 2.05) is 31.0 Å². The average molecular weight is 342 g/mol. The van der Waals surface area contributed by atoms with Crippen LogP contribution in [-0.2, 0) is 11.3 Å². The third kappa shape index (κ3) is 3.82. The number of rotatable bonds is 6. The quantitative estimate of drug-likeness (QED) is 0.645. The molecule has 134 valence electrons. The van der Waals surface area contributed by atoms with Crippen molar-refractivity contribution in [1.82, 2.24) is 9.88 Å². The Morgan fingerprint density at radius 1 is 1.20 bits per heavy atom. The highest BCUT2D eigenvalue weighted by atomic mass is 16.5. The van der Waals surface area contributed by atoms with Gasteiger partial charge in [0.1, 0.15) is 0 Å². The maximum absolute atomic E-state index is 12.9. The number of hydrogen-bond acceptors (Lipinski definition) is 4. The molecule has 0 radical (unpaired) electrons. The van der Waals surface area contributed by atoms with Crippen LogP contribution in [0.15, 0.2) is 24.3 Å². The molecule has 0 amide bonds. The fourth-order valence-electron chi connectivity index (χ4n) is 3.01. The van der Waals surface area contributed by atoms with Crippen molar-refractivity contribution in [2.45, 2.75) is 40.3 Å². The molecule has 0 unspecified atom stereocenters. The number of H-pyrrole nitrogens is 1. The number of nitrogens with one attached hydrogen (secondary N) is 1. The fourth-order valence-corrected chi connectivity index (χ4v) is 3.01. The third-order valence-corrected chi connectivity index (χ3v) is 4.80. The lowest BCUT2D eigenvalue weighted by molar-refractivity contribution is 0.0599. The van der Waals surface area contributed by atoms with Gasteiger partial charge in [-0.1, -0.05) is 24.3 Å². The Kier molecular flexibility index (Phi) is 5.80. The average Bonchev–Trinajstić information content (AvgIpc) is 2.89. The number of carbonyl (C=O) groups is 2. The molecule has 1 aromatic heterocycles. The Labute approximate surface area is 149 Å². The number of methoxy groups -OCH3 is 1. The van der Waals surface area contributed by atoms with E-state index in [2.05, 4.69) is 24.0 Å². The lowest BCUT2D eigenvalue weighted by Crippen LogP contribution is -2.36. The van der Waals surface area contributed by atoms with Gasteiger partial charge in [-0.25, -0.2) is 4.79 Å². The van der Waals surface area contributed by atoms with Crippen molar-refractivity contribution in [1.29, 1.82) is 0 Å². The van der Waals surface area contributed by atoms with Gasteiger partial charge in [0.2, 0.25) is 0 Å². The van der Waals surface area contributed by atoms with Crippen molar-refractivity contribution in [2.75, 3.05) is 14.2 Å². The summed E-state index contributed by atoms with van der Waals surface area (Å²) in [5.74, 6) is -0.460. The van der Waals surface area contributed by atoms with Crippen molar-refractivity contribution in [3.05, 3.63) is 57.9 Å². The zero-order valence-corrected chi connectivity index (χ0v) is 15.8. The Bertz CT molecular complexity index is 792. The number of aryl methyl sites for hydroxylation is 2. The first-order chi connectivity index (χ1) is 11.8. The lowest BCUT2D eigenvalue weighted by Gasteiger charge is -2.24. The molecule has 2 rings (SSSR count). The van der Waals surface area contributed by atoms with Gasteiger partial charge in [0.05, 0.1) is 24.4 Å². The second kappa shape index (κ2) is 7.66. The van der Waals surface area contributed by atoms with Crippen LogP contribution in [0.3, 0.4) is 0 Å². The number of likely N-dealkylation sites (N-methyl/N-ethyl adjacent to an activating group) is 1. The predicted octanol–water partition coefficient (Wildman–Crippen LogP) is 3.43. The molecule has 5 heteroatoms. The molecule has 0 fully saturated rings. The van der Waals surface area contributed by atoms with Gasteiger partial charge in [0.15, 0.2) is 5.78 Å². The Morgan fingerprint density at radius 2 is 1.84 bits per heavy atom. The molecule has 2 aromatic rings. The normalized spacial score (nSPS) is 12.3. The van der Waals surface area contributed by atoms with Gasteiger partial charge < -0.3 is 9.72 Å². The number of hydrogen-bond donors (Lipinski definition) is 1. The summed E-state index contributed by atoms with van der Waals surface area (Å²) in [6, 6.07) is 7.83. The predicted molar refractivity (Wildman–Crippen MR) is 98.0 cm³/mol. The van der Waals surface area contributed by atoms with E-state index in [9.17, 15) is 9.59 Å². The summed E-state index contributed by atoms with van der Waals surface area (Å²) >= 11 is 0. The first kappa shape index (κ1) is 18.9. The van der Waals surface area contributed by atoms with Crippen molar-refractivity contribution in [3.8, 4) is 0 Å². The molecule has 0 saturated heterocycles. The summed E-state index contributed by atoms with van der Waals surface area (Å²) in [6.07, 6.45) is 0. The molecule has 1 heterocycles. The van der Waals surface area contributed by atoms with E-state index in [0.717, 1.165) is 0 Å². The highest BCUT2D eigenvalue weighted by Gasteiger charge is 2.27. The summed E-state index contributed by atoms with van der Waals surface area (Å²) in [7, 11) is 3.27. The number of ketones is 1. The smallest absolute Gasteiger partial charge is 0.339 e. The summed E-state index contributed by atoms with van der Waals surface area (Å²) in [5.41, 5.74) is 4.61. The van der Waals surface area contributed by atoms with Crippen LogP contribution in [0.1, 0.15) is 50.2 Å². The number of Topliss-reactive ketones (excluding diaryl/α,β-unsaturated/α-hetero) is 1. The summed E-state index contributed by atoms with van der Waals surface area (Å²) in [5, 5.41) is 0. The van der Waals surface area contributed by atoms with Crippen molar-refractivity contribution >= 4 is 11.8 Å². The molecule has 0 spiro atoms. The number of esters is 1. The SMILES string of the molecule is COC(=O)c1c(C)[nH]c(C(=O)[C@@H](C)N(C)Cc2ccccc2C)c1C. The molecule has 5 nitrogen and oxygen atoms in total. The molecular weight excluding hydrogens is 316 g/mol. The second-order valence-electron chi connectivity index (χ2n) is 6.50. The van der Waals surface area contributed by atoms with E-state index < -0.39 is 5.97 Å². The van der Waals surface area contributed by atoms with Crippen LogP contribution in [0.4, 0.5) is 0 Å². The van der Waals surface area contributed by atoms with Crippen LogP contribution in [-0.4, -0.2) is 41.8 Å². The molecule has 1 N–H and O–H groups in total. The van der Waals surface area contributed by atoms with Gasteiger partial charge in [-0.05, 0) is 51.4 Å². The van der Waals surface area contributed by atoms with E-state index in [1.54, 1.807) is 13.8 Å². The van der Waals surface area contributed by atoms with Gasteiger partial charge in [-0.3, -0.25) is 9.69 Å². The van der Waals surface area contributed by atoms with E-state index in [1.165, 1.54) is 18.2 Å². The minimum absolute atomic E-state index is 0.0353. The Morgan fingerprint density at radius 3 is 2.44 bits per heavy atom. The molecule has 0 saturated carbocycles. The Balaban J connectivity index is 2.22. The first-order valence-electron chi connectivity index (χ1n) is 8.34. The number of carbonyl (C=O) groups excluding carboxylic acids is 2. The second-order valence-corrected chi connectivity index (χ2v) is 6.50. The van der Waals surface area contributed by atoms with E-state index in [-0.39, 0.29) is 11.8 Å². The summed E-state index contributed by atoms with van der Waals surface area (Å²) < 4.78 is 4.81. The minimum atomic E-state index is -0.425. The number of nitrogens with zero attached hydrogens (tertiary/aromatic N) is 1. The maximum atomic E-state index is 12.9. The number of ether oxygens (including phenoxy) is 1. The molecule has 0 bridgehead atoms. The number of aromatic nitrogens is 1. The molecule has 25 heavy (non-hydrogen) atoms. The molecule has 1 atom stereocenters. The standard InChI is InChI=1S/C20H26N2O3/c1-12-9-7-8-10-16(12)11-22(5)15(4)19(23)18-13(2)17(14(3)21-18)20(24)25-6/h7-10,15,21H,11H2,1-6H3/t15-/m1/s1. The Hall–Kier alpha value is -2.40. The fraction of sp³-hybridized carbons (Fsp3) is 0.400. The first-order valence-corrected chi connectivity index (χ1v) is 8.34. The van der Waals surface area contributed by atoms with E-state index >= 15 is 0 Å². The third-order valence-electron chi connectivity index (χ3n) is 4.80. The largest absolute Gasteiger partial charge is 0.465 e. The van der Waals surface area contributed by atoms with Gasteiger partial charge >= 0.3 is 5.97 Å². The van der Waals surface area contributed by atoms with Crippen LogP contribution in [0.2, 0.25) is 0 Å². The molecular formula is C20H26N2O3. The van der Waals surface area contributed by atoms with E-state index in [4.69, 9.17) is 4.74 Å². The monoisotopic (exact) mass is 342 g/mol. The van der Waals surface area contributed by atoms with Crippen molar-refractivity contribution < 1.29 is 14.3 Å². The van der Waals surface area contributed by atoms with Crippen molar-refractivity contribution in [2.24, 2.45) is 0 Å².